The zero-order valence-electron chi connectivity index (χ0n) is 14.5. The minimum absolute atomic E-state index is 0.0785. The molecule has 0 fully saturated rings. The van der Waals surface area contributed by atoms with Crippen LogP contribution >= 0.6 is 23.2 Å². The van der Waals surface area contributed by atoms with Crippen LogP contribution < -0.4 is 10.1 Å². The van der Waals surface area contributed by atoms with Crippen LogP contribution in [0.2, 0.25) is 10.0 Å². The number of carbonyl (C=O) groups excluding carboxylic acids is 1. The van der Waals surface area contributed by atoms with Gasteiger partial charge in [0.2, 0.25) is 0 Å². The van der Waals surface area contributed by atoms with Gasteiger partial charge in [-0.25, -0.2) is 0 Å². The Bertz CT molecular complexity index is 869. The fourth-order valence-electron chi connectivity index (χ4n) is 2.18. The zero-order chi connectivity index (χ0) is 19.1. The molecule has 1 N–H and O–H groups in total. The topological polar surface area (TPSA) is 62.1 Å². The molecule has 134 valence electrons. The molecule has 4 nitrogen and oxygen atoms in total. The molecule has 1 amide bonds. The monoisotopic (exact) mass is 388 g/mol. The number of hydrogen-bond acceptors (Lipinski definition) is 3. The number of carbonyl (C=O) groups is 1. The lowest BCUT2D eigenvalue weighted by molar-refractivity contribution is -0.112. The molecular weight excluding hydrogens is 371 g/mol. The molecule has 0 unspecified atom stereocenters. The number of hydrogen-bond donors (Lipinski definition) is 1. The normalized spacial score (nSPS) is 11.0. The zero-order valence-corrected chi connectivity index (χ0v) is 16.0. The van der Waals surface area contributed by atoms with Crippen molar-refractivity contribution >= 4 is 40.9 Å². The summed E-state index contributed by atoms with van der Waals surface area (Å²) >= 11 is 12.3. The van der Waals surface area contributed by atoms with Crippen molar-refractivity contribution in [2.24, 2.45) is 0 Å². The minimum atomic E-state index is -0.520. The highest BCUT2D eigenvalue weighted by atomic mass is 35.5. The van der Waals surface area contributed by atoms with E-state index in [2.05, 4.69) is 5.32 Å². The summed E-state index contributed by atoms with van der Waals surface area (Å²) in [6, 6.07) is 12.4. The van der Waals surface area contributed by atoms with Gasteiger partial charge in [0.25, 0.3) is 5.91 Å². The molecule has 2 rings (SSSR count). The van der Waals surface area contributed by atoms with Crippen molar-refractivity contribution in [3.63, 3.8) is 0 Å². The molecule has 0 aromatic heterocycles. The number of amides is 1. The highest BCUT2D eigenvalue weighted by Gasteiger charge is 2.14. The number of nitrogens with one attached hydrogen (secondary N) is 1. The average Bonchev–Trinajstić information content (AvgIpc) is 2.60. The molecule has 0 atom stereocenters. The van der Waals surface area contributed by atoms with E-state index in [4.69, 9.17) is 27.9 Å². The molecule has 0 saturated heterocycles. The largest absolute Gasteiger partial charge is 0.491 e. The van der Waals surface area contributed by atoms with E-state index < -0.39 is 5.91 Å². The van der Waals surface area contributed by atoms with Gasteiger partial charge in [-0.3, -0.25) is 4.79 Å². The fourth-order valence-corrected chi connectivity index (χ4v) is 2.75. The molecular formula is C20H18Cl2N2O2. The summed E-state index contributed by atoms with van der Waals surface area (Å²) in [4.78, 5) is 12.4. The molecule has 0 aliphatic heterocycles. The molecule has 26 heavy (non-hydrogen) atoms. The van der Waals surface area contributed by atoms with E-state index in [-0.39, 0.29) is 5.57 Å². The van der Waals surface area contributed by atoms with Gasteiger partial charge in [0.1, 0.15) is 17.4 Å². The molecule has 0 heterocycles. The van der Waals surface area contributed by atoms with Crippen molar-refractivity contribution in [1.29, 1.82) is 5.26 Å². The molecule has 0 saturated carbocycles. The molecule has 6 heteroatoms. The van der Waals surface area contributed by atoms with Crippen LogP contribution in [0.1, 0.15) is 24.5 Å². The Morgan fingerprint density at radius 1 is 1.27 bits per heavy atom. The van der Waals surface area contributed by atoms with Crippen molar-refractivity contribution in [2.45, 2.75) is 20.3 Å². The summed E-state index contributed by atoms with van der Waals surface area (Å²) in [7, 11) is 0. The Morgan fingerprint density at radius 3 is 2.58 bits per heavy atom. The van der Waals surface area contributed by atoms with E-state index in [0.717, 1.165) is 12.0 Å². The first-order valence-corrected chi connectivity index (χ1v) is 8.81. The van der Waals surface area contributed by atoms with E-state index in [1.807, 2.05) is 32.0 Å². The Hall–Kier alpha value is -2.48. The second-order valence-corrected chi connectivity index (χ2v) is 6.49. The molecule has 0 bridgehead atoms. The van der Waals surface area contributed by atoms with Gasteiger partial charge in [-0.05, 0) is 43.7 Å². The van der Waals surface area contributed by atoms with E-state index in [1.165, 1.54) is 6.08 Å². The number of benzene rings is 2. The van der Waals surface area contributed by atoms with Crippen molar-refractivity contribution in [2.75, 3.05) is 11.9 Å². The van der Waals surface area contributed by atoms with Crippen LogP contribution in [0.4, 0.5) is 5.69 Å². The van der Waals surface area contributed by atoms with Gasteiger partial charge in [0, 0.05) is 16.3 Å². The van der Waals surface area contributed by atoms with E-state index in [9.17, 15) is 10.1 Å². The third-order valence-electron chi connectivity index (χ3n) is 3.46. The summed E-state index contributed by atoms with van der Waals surface area (Å²) in [5.41, 5.74) is 2.08. The summed E-state index contributed by atoms with van der Waals surface area (Å²) in [6.07, 6.45) is 2.22. The van der Waals surface area contributed by atoms with Crippen molar-refractivity contribution in [3.05, 3.63) is 63.1 Å². The van der Waals surface area contributed by atoms with Crippen LogP contribution in [0.25, 0.3) is 6.08 Å². The van der Waals surface area contributed by atoms with Crippen molar-refractivity contribution in [1.82, 2.24) is 0 Å². The lowest BCUT2D eigenvalue weighted by Crippen LogP contribution is -2.13. The Kier molecular flexibility index (Phi) is 7.08. The van der Waals surface area contributed by atoms with Gasteiger partial charge >= 0.3 is 0 Å². The predicted molar refractivity (Wildman–Crippen MR) is 106 cm³/mol. The van der Waals surface area contributed by atoms with Gasteiger partial charge in [0.15, 0.2) is 0 Å². The number of rotatable bonds is 6. The quantitative estimate of drug-likeness (QED) is 0.514. The first-order valence-electron chi connectivity index (χ1n) is 8.06. The lowest BCUT2D eigenvalue weighted by atomic mass is 10.1. The standard InChI is InChI=1S/C20H18Cl2N2O2/c1-3-8-26-19-14(10-16(21)11-18(19)22)9-15(12-23)20(25)24-17-6-4-13(2)5-7-17/h4-7,9-11H,3,8H2,1-2H3,(H,24,25)/b15-9+. The first kappa shape index (κ1) is 19.8. The molecule has 0 aliphatic rings. The van der Waals surface area contributed by atoms with Crippen molar-refractivity contribution in [3.8, 4) is 11.8 Å². The summed E-state index contributed by atoms with van der Waals surface area (Å²) in [5.74, 6) is -0.123. The van der Waals surface area contributed by atoms with Crippen LogP contribution in [-0.2, 0) is 4.79 Å². The first-order chi connectivity index (χ1) is 12.4. The number of halogens is 2. The third kappa shape index (κ3) is 5.26. The van der Waals surface area contributed by atoms with Crippen LogP contribution in [0.5, 0.6) is 5.75 Å². The molecule has 0 aliphatic carbocycles. The number of anilines is 1. The van der Waals surface area contributed by atoms with Gasteiger partial charge in [-0.2, -0.15) is 5.26 Å². The number of nitrogens with zero attached hydrogens (tertiary/aromatic N) is 1. The highest BCUT2D eigenvalue weighted by molar-refractivity contribution is 6.36. The molecule has 2 aromatic carbocycles. The maximum Gasteiger partial charge on any atom is 0.266 e. The third-order valence-corrected chi connectivity index (χ3v) is 3.96. The summed E-state index contributed by atoms with van der Waals surface area (Å²) in [6.45, 7) is 4.38. The smallest absolute Gasteiger partial charge is 0.266 e. The fraction of sp³-hybridized carbons (Fsp3) is 0.200. The maximum absolute atomic E-state index is 12.4. The van der Waals surface area contributed by atoms with Gasteiger partial charge < -0.3 is 10.1 Å². The SMILES string of the molecule is CCCOc1c(Cl)cc(Cl)cc1/C=C(\C#N)C(=O)Nc1ccc(C)cc1. The Morgan fingerprint density at radius 2 is 1.96 bits per heavy atom. The Balaban J connectivity index is 2.34. The minimum Gasteiger partial charge on any atom is -0.491 e. The number of ether oxygens (including phenoxy) is 1. The Labute approximate surface area is 163 Å². The van der Waals surface area contributed by atoms with Crippen LogP contribution in [-0.4, -0.2) is 12.5 Å². The average molecular weight is 389 g/mol. The van der Waals surface area contributed by atoms with Gasteiger partial charge in [0.05, 0.1) is 11.6 Å². The van der Waals surface area contributed by atoms with E-state index >= 15 is 0 Å². The molecule has 0 spiro atoms. The number of aryl methyl sites for hydroxylation is 1. The van der Waals surface area contributed by atoms with Gasteiger partial charge in [-0.1, -0.05) is 47.8 Å². The van der Waals surface area contributed by atoms with E-state index in [0.29, 0.717) is 33.7 Å². The summed E-state index contributed by atoms with van der Waals surface area (Å²) < 4.78 is 5.65. The van der Waals surface area contributed by atoms with E-state index in [1.54, 1.807) is 24.3 Å². The van der Waals surface area contributed by atoms with Crippen LogP contribution in [0, 0.1) is 18.3 Å². The highest BCUT2D eigenvalue weighted by Crippen LogP contribution is 2.34. The van der Waals surface area contributed by atoms with Crippen LogP contribution in [0.3, 0.4) is 0 Å². The second kappa shape index (κ2) is 9.28. The predicted octanol–water partition coefficient (Wildman–Crippen LogP) is 5.64. The summed E-state index contributed by atoms with van der Waals surface area (Å²) in [5, 5.41) is 12.8. The van der Waals surface area contributed by atoms with Crippen molar-refractivity contribution < 1.29 is 9.53 Å². The lowest BCUT2D eigenvalue weighted by Gasteiger charge is -2.11. The molecule has 0 radical (unpaired) electrons. The molecule has 2 aromatic rings. The second-order valence-electron chi connectivity index (χ2n) is 5.64. The maximum atomic E-state index is 12.4. The number of nitriles is 1. The van der Waals surface area contributed by atoms with Crippen LogP contribution in [0.15, 0.2) is 42.0 Å². The van der Waals surface area contributed by atoms with Gasteiger partial charge in [-0.15, -0.1) is 0 Å².